The van der Waals surface area contributed by atoms with E-state index in [9.17, 15) is 28.7 Å². The van der Waals surface area contributed by atoms with Gasteiger partial charge in [-0.05, 0) is 39.0 Å². The third-order valence-electron chi connectivity index (χ3n) is 4.36. The number of halogens is 4. The SMILES string of the molecule is CC(C)(C)[S+]([O-])NC(C#N)CC(Nc1nc(Cl)ccc1[N+](=O)[O-])c1c(Br)cccc1OC(F)F. The number of rotatable bonds is 10. The fourth-order valence-electron chi connectivity index (χ4n) is 2.82. The van der Waals surface area contributed by atoms with Crippen LogP contribution in [0.1, 0.15) is 38.8 Å². The fraction of sp³-hybridized carbons (Fsp3) is 0.400. The zero-order valence-corrected chi connectivity index (χ0v) is 21.4. The number of hydrogen-bond acceptors (Lipinski definition) is 8. The lowest BCUT2D eigenvalue weighted by molar-refractivity contribution is -0.384. The highest BCUT2D eigenvalue weighted by atomic mass is 79.9. The molecule has 9 nitrogen and oxygen atoms in total. The van der Waals surface area contributed by atoms with Gasteiger partial charge in [0.25, 0.3) is 0 Å². The van der Waals surface area contributed by atoms with Crippen LogP contribution in [0.2, 0.25) is 5.15 Å². The van der Waals surface area contributed by atoms with Gasteiger partial charge in [-0.2, -0.15) is 14.0 Å². The zero-order chi connectivity index (χ0) is 25.6. The van der Waals surface area contributed by atoms with Gasteiger partial charge in [-0.15, -0.1) is 4.72 Å². The zero-order valence-electron chi connectivity index (χ0n) is 18.2. The molecular formula is C20H21BrClF2N5O4S. The summed E-state index contributed by atoms with van der Waals surface area (Å²) in [5.74, 6) is -0.463. The number of hydrogen-bond donors (Lipinski definition) is 2. The lowest BCUT2D eigenvalue weighted by Gasteiger charge is -2.28. The molecule has 0 aliphatic rings. The summed E-state index contributed by atoms with van der Waals surface area (Å²) in [6.07, 6.45) is -0.147. The Morgan fingerprint density at radius 3 is 2.59 bits per heavy atom. The highest BCUT2D eigenvalue weighted by Gasteiger charge is 2.33. The standard InChI is InChI=1S/C20H21BrClF2N5O4S/c1-20(2,3)34(32)28-11(10-25)9-13(17-12(21)5-4-6-15(17)33-19(23)24)26-18-14(29(30)31)7-8-16(22)27-18/h4-8,11,13,19,28H,9H2,1-3H3,(H,26,27). The smallest absolute Gasteiger partial charge is 0.387 e. The van der Waals surface area contributed by atoms with Gasteiger partial charge < -0.3 is 14.6 Å². The molecule has 3 atom stereocenters. The van der Waals surface area contributed by atoms with E-state index in [1.807, 2.05) is 6.07 Å². The van der Waals surface area contributed by atoms with Crippen LogP contribution < -0.4 is 14.8 Å². The van der Waals surface area contributed by atoms with Gasteiger partial charge in [0.1, 0.15) is 21.7 Å². The number of benzene rings is 1. The first-order valence-corrected chi connectivity index (χ1v) is 12.0. The number of pyridine rings is 1. The highest BCUT2D eigenvalue weighted by molar-refractivity contribution is 9.10. The molecule has 2 rings (SSSR count). The Labute approximate surface area is 211 Å². The summed E-state index contributed by atoms with van der Waals surface area (Å²) in [5.41, 5.74) is -0.264. The monoisotopic (exact) mass is 579 g/mol. The summed E-state index contributed by atoms with van der Waals surface area (Å²) < 4.78 is 45.7. The summed E-state index contributed by atoms with van der Waals surface area (Å²) in [6, 6.07) is 6.62. The second-order valence-corrected chi connectivity index (χ2v) is 11.1. The Kier molecular flexibility index (Phi) is 9.84. The van der Waals surface area contributed by atoms with E-state index in [1.54, 1.807) is 26.8 Å². The molecule has 0 aliphatic carbocycles. The second kappa shape index (κ2) is 11.9. The maximum absolute atomic E-state index is 13.1. The van der Waals surface area contributed by atoms with E-state index in [2.05, 4.69) is 35.7 Å². The molecule has 0 bridgehead atoms. The highest BCUT2D eigenvalue weighted by Crippen LogP contribution is 2.39. The van der Waals surface area contributed by atoms with Crippen molar-refractivity contribution >= 4 is 50.4 Å². The Balaban J connectivity index is 2.57. The van der Waals surface area contributed by atoms with Crippen molar-refractivity contribution < 1.29 is 23.0 Å². The van der Waals surface area contributed by atoms with E-state index < -0.39 is 45.4 Å². The lowest BCUT2D eigenvalue weighted by Crippen LogP contribution is -2.45. The number of alkyl halides is 2. The van der Waals surface area contributed by atoms with Gasteiger partial charge in [0.05, 0.1) is 17.0 Å². The van der Waals surface area contributed by atoms with Gasteiger partial charge in [0.15, 0.2) is 0 Å². The number of nitriles is 1. The third kappa shape index (κ3) is 7.64. The topological polar surface area (TPSA) is 136 Å². The minimum absolute atomic E-state index is 0.0492. The van der Waals surface area contributed by atoms with Crippen LogP contribution in [-0.2, 0) is 11.4 Å². The van der Waals surface area contributed by atoms with Crippen LogP contribution in [0.3, 0.4) is 0 Å². The molecule has 2 N–H and O–H groups in total. The van der Waals surface area contributed by atoms with Crippen molar-refractivity contribution in [1.82, 2.24) is 9.71 Å². The normalized spacial score (nSPS) is 14.2. The van der Waals surface area contributed by atoms with Crippen molar-refractivity contribution in [3.8, 4) is 11.8 Å². The van der Waals surface area contributed by atoms with E-state index in [1.165, 1.54) is 18.2 Å². The molecule has 14 heteroatoms. The number of ether oxygens (including phenoxy) is 1. The molecule has 1 aromatic heterocycles. The van der Waals surface area contributed by atoms with Gasteiger partial charge in [-0.1, -0.05) is 33.6 Å². The first kappa shape index (κ1) is 28.0. The summed E-state index contributed by atoms with van der Waals surface area (Å²) in [5, 5.41) is 24.0. The molecule has 0 fully saturated rings. The molecule has 1 heterocycles. The van der Waals surface area contributed by atoms with Crippen molar-refractivity contribution in [1.29, 1.82) is 5.26 Å². The van der Waals surface area contributed by atoms with Gasteiger partial charge in [-0.25, -0.2) is 4.98 Å². The largest absolute Gasteiger partial charge is 0.598 e. The van der Waals surface area contributed by atoms with Crippen LogP contribution in [0, 0.1) is 21.4 Å². The molecule has 0 radical (unpaired) electrons. The van der Waals surface area contributed by atoms with Crippen LogP contribution in [-0.4, -0.2) is 31.9 Å². The van der Waals surface area contributed by atoms with Crippen molar-refractivity contribution in [2.24, 2.45) is 0 Å². The Morgan fingerprint density at radius 1 is 1.35 bits per heavy atom. The molecule has 34 heavy (non-hydrogen) atoms. The molecule has 0 amide bonds. The Morgan fingerprint density at radius 2 is 2.03 bits per heavy atom. The van der Waals surface area contributed by atoms with Crippen molar-refractivity contribution in [3.05, 3.63) is 55.6 Å². The molecule has 0 aliphatic heterocycles. The summed E-state index contributed by atoms with van der Waals surface area (Å²) in [7, 11) is 0. The van der Waals surface area contributed by atoms with Gasteiger partial charge >= 0.3 is 12.3 Å². The van der Waals surface area contributed by atoms with E-state index in [0.717, 1.165) is 6.07 Å². The number of aromatic nitrogens is 1. The summed E-state index contributed by atoms with van der Waals surface area (Å²) in [4.78, 5) is 14.8. The molecule has 184 valence electrons. The predicted octanol–water partition coefficient (Wildman–Crippen LogP) is 5.49. The molecule has 3 unspecified atom stereocenters. The van der Waals surface area contributed by atoms with Crippen molar-refractivity contribution in [3.63, 3.8) is 0 Å². The summed E-state index contributed by atoms with van der Waals surface area (Å²) >= 11 is 7.59. The van der Waals surface area contributed by atoms with Crippen LogP contribution in [0.15, 0.2) is 34.8 Å². The minimum atomic E-state index is -3.15. The van der Waals surface area contributed by atoms with Crippen molar-refractivity contribution in [2.45, 2.75) is 50.6 Å². The molecule has 1 aromatic carbocycles. The average molecular weight is 581 g/mol. The van der Waals surface area contributed by atoms with E-state index in [4.69, 9.17) is 11.6 Å². The van der Waals surface area contributed by atoms with E-state index in [-0.39, 0.29) is 28.7 Å². The molecule has 0 saturated heterocycles. The summed E-state index contributed by atoms with van der Waals surface area (Å²) in [6.45, 7) is 1.98. The first-order valence-electron chi connectivity index (χ1n) is 9.71. The van der Waals surface area contributed by atoms with Gasteiger partial charge in [-0.3, -0.25) is 10.1 Å². The van der Waals surface area contributed by atoms with E-state index >= 15 is 0 Å². The van der Waals surface area contributed by atoms with Gasteiger partial charge in [0, 0.05) is 33.9 Å². The van der Waals surface area contributed by atoms with Crippen LogP contribution >= 0.6 is 27.5 Å². The van der Waals surface area contributed by atoms with Crippen molar-refractivity contribution in [2.75, 3.05) is 5.32 Å². The quantitative estimate of drug-likeness (QED) is 0.163. The Hall–Kier alpha value is -2.24. The lowest BCUT2D eigenvalue weighted by atomic mass is 9.99. The maximum atomic E-state index is 13.1. The first-order chi connectivity index (χ1) is 15.8. The number of nitrogens with one attached hydrogen (secondary N) is 2. The van der Waals surface area contributed by atoms with Crippen LogP contribution in [0.4, 0.5) is 20.3 Å². The number of anilines is 1. The molecule has 0 spiro atoms. The maximum Gasteiger partial charge on any atom is 0.387 e. The Bertz CT molecular complexity index is 1070. The third-order valence-corrected chi connectivity index (χ3v) is 6.87. The minimum Gasteiger partial charge on any atom is -0.598 e. The number of nitro groups is 1. The number of nitrogens with zero attached hydrogens (tertiary/aromatic N) is 3. The molecule has 0 saturated carbocycles. The van der Waals surface area contributed by atoms with Crippen LogP contribution in [0.25, 0.3) is 0 Å². The van der Waals surface area contributed by atoms with E-state index in [0.29, 0.717) is 4.47 Å². The molecule has 2 aromatic rings. The molecular weight excluding hydrogens is 560 g/mol. The fourth-order valence-corrected chi connectivity index (χ4v) is 4.35. The second-order valence-electron chi connectivity index (χ2n) is 7.90. The predicted molar refractivity (Wildman–Crippen MR) is 128 cm³/mol. The average Bonchev–Trinajstić information content (AvgIpc) is 2.71. The van der Waals surface area contributed by atoms with Gasteiger partial charge in [0.2, 0.25) is 5.82 Å². The van der Waals surface area contributed by atoms with Crippen LogP contribution in [0.5, 0.6) is 5.75 Å².